The fourth-order valence-corrected chi connectivity index (χ4v) is 3.63. The molecule has 2 unspecified atom stereocenters. The van der Waals surface area contributed by atoms with Gasteiger partial charge in [0.15, 0.2) is 0 Å². The van der Waals surface area contributed by atoms with E-state index in [1.54, 1.807) is 14.2 Å². The van der Waals surface area contributed by atoms with E-state index in [1.807, 2.05) is 61.2 Å². The average molecular weight is 399 g/mol. The summed E-state index contributed by atoms with van der Waals surface area (Å²) in [4.78, 5) is 14.6. The quantitative estimate of drug-likeness (QED) is 0.776. The summed E-state index contributed by atoms with van der Waals surface area (Å²) in [5.74, 6) is 1.64. The predicted octanol–water partition coefficient (Wildman–Crippen LogP) is 3.24. The number of rotatable bonds is 7. The van der Waals surface area contributed by atoms with Crippen molar-refractivity contribution in [2.45, 2.75) is 39.1 Å². The third-order valence-electron chi connectivity index (χ3n) is 5.05. The van der Waals surface area contributed by atoms with E-state index in [-0.39, 0.29) is 18.1 Å². The van der Waals surface area contributed by atoms with Gasteiger partial charge in [0.2, 0.25) is 0 Å². The van der Waals surface area contributed by atoms with E-state index in [0.29, 0.717) is 31.7 Å². The van der Waals surface area contributed by atoms with Crippen molar-refractivity contribution in [1.82, 2.24) is 10.2 Å². The molecule has 0 bridgehead atoms. The SMILES string of the molecule is COc1ccc(CNCc2ccc(C(=O)N3CC(C)OC(C)C3)cc2)c(OC)c1. The van der Waals surface area contributed by atoms with E-state index in [0.717, 1.165) is 22.6 Å². The average Bonchev–Trinajstić information content (AvgIpc) is 2.73. The molecule has 1 N–H and O–H groups in total. The molecule has 1 aliphatic rings. The van der Waals surface area contributed by atoms with Gasteiger partial charge in [-0.15, -0.1) is 0 Å². The van der Waals surface area contributed by atoms with E-state index >= 15 is 0 Å². The van der Waals surface area contributed by atoms with Gasteiger partial charge in [0, 0.05) is 43.4 Å². The molecule has 6 nitrogen and oxygen atoms in total. The van der Waals surface area contributed by atoms with Gasteiger partial charge in [-0.2, -0.15) is 0 Å². The molecule has 2 aromatic rings. The Morgan fingerprint density at radius 2 is 1.72 bits per heavy atom. The molecule has 29 heavy (non-hydrogen) atoms. The Labute approximate surface area is 172 Å². The van der Waals surface area contributed by atoms with Crippen LogP contribution >= 0.6 is 0 Å². The van der Waals surface area contributed by atoms with Crippen LogP contribution in [0.1, 0.15) is 35.3 Å². The van der Waals surface area contributed by atoms with Crippen LogP contribution in [0.25, 0.3) is 0 Å². The monoisotopic (exact) mass is 398 g/mol. The molecule has 1 aliphatic heterocycles. The van der Waals surface area contributed by atoms with Crippen molar-refractivity contribution < 1.29 is 19.0 Å². The van der Waals surface area contributed by atoms with Crippen LogP contribution in [0.3, 0.4) is 0 Å². The Hall–Kier alpha value is -2.57. The van der Waals surface area contributed by atoms with Crippen LogP contribution in [0.5, 0.6) is 11.5 Å². The summed E-state index contributed by atoms with van der Waals surface area (Å²) in [5, 5.41) is 3.42. The number of hydrogen-bond acceptors (Lipinski definition) is 5. The van der Waals surface area contributed by atoms with Crippen molar-refractivity contribution in [3.63, 3.8) is 0 Å². The van der Waals surface area contributed by atoms with E-state index in [4.69, 9.17) is 14.2 Å². The van der Waals surface area contributed by atoms with Crippen LogP contribution in [-0.2, 0) is 17.8 Å². The molecule has 1 fully saturated rings. The largest absolute Gasteiger partial charge is 0.497 e. The minimum Gasteiger partial charge on any atom is -0.497 e. The van der Waals surface area contributed by atoms with E-state index in [1.165, 1.54) is 0 Å². The normalized spacial score (nSPS) is 19.1. The van der Waals surface area contributed by atoms with Crippen molar-refractivity contribution in [3.8, 4) is 11.5 Å². The molecule has 156 valence electrons. The van der Waals surface area contributed by atoms with Crippen LogP contribution < -0.4 is 14.8 Å². The highest BCUT2D eigenvalue weighted by Crippen LogP contribution is 2.24. The van der Waals surface area contributed by atoms with Crippen molar-refractivity contribution >= 4 is 5.91 Å². The summed E-state index contributed by atoms with van der Waals surface area (Å²) >= 11 is 0. The summed E-state index contributed by atoms with van der Waals surface area (Å²) in [6.45, 7) is 6.66. The number of benzene rings is 2. The third-order valence-corrected chi connectivity index (χ3v) is 5.05. The molecule has 1 saturated heterocycles. The van der Waals surface area contributed by atoms with Gasteiger partial charge in [0.1, 0.15) is 11.5 Å². The smallest absolute Gasteiger partial charge is 0.254 e. The Kier molecular flexibility index (Phi) is 7.12. The van der Waals surface area contributed by atoms with Gasteiger partial charge in [-0.1, -0.05) is 18.2 Å². The summed E-state index contributed by atoms with van der Waals surface area (Å²) < 4.78 is 16.4. The second-order valence-electron chi connectivity index (χ2n) is 7.45. The molecular weight excluding hydrogens is 368 g/mol. The molecule has 2 aromatic carbocycles. The maximum atomic E-state index is 12.8. The fraction of sp³-hybridized carbons (Fsp3) is 0.435. The van der Waals surface area contributed by atoms with Crippen molar-refractivity contribution in [2.24, 2.45) is 0 Å². The number of amides is 1. The molecule has 0 spiro atoms. The van der Waals surface area contributed by atoms with Gasteiger partial charge in [0.25, 0.3) is 5.91 Å². The summed E-state index contributed by atoms with van der Waals surface area (Å²) in [6, 6.07) is 13.6. The second-order valence-corrected chi connectivity index (χ2v) is 7.45. The summed E-state index contributed by atoms with van der Waals surface area (Å²) in [7, 11) is 3.30. The minimum atomic E-state index is 0.0643. The lowest BCUT2D eigenvalue weighted by molar-refractivity contribution is -0.0586. The van der Waals surface area contributed by atoms with Gasteiger partial charge < -0.3 is 24.4 Å². The number of morpholine rings is 1. The van der Waals surface area contributed by atoms with Gasteiger partial charge in [0.05, 0.1) is 26.4 Å². The van der Waals surface area contributed by atoms with Crippen LogP contribution in [0.15, 0.2) is 42.5 Å². The Balaban J connectivity index is 1.55. The van der Waals surface area contributed by atoms with E-state index < -0.39 is 0 Å². The van der Waals surface area contributed by atoms with Gasteiger partial charge in [-0.25, -0.2) is 0 Å². The standard InChI is InChI=1S/C23H30N2O4/c1-16-14-25(15-17(2)29-16)23(26)19-7-5-18(6-8-19)12-24-13-20-9-10-21(27-3)11-22(20)28-4/h5-11,16-17,24H,12-15H2,1-4H3. The number of nitrogens with one attached hydrogen (secondary N) is 1. The topological polar surface area (TPSA) is 60.0 Å². The lowest BCUT2D eigenvalue weighted by atomic mass is 10.1. The second kappa shape index (κ2) is 9.76. The minimum absolute atomic E-state index is 0.0643. The number of methoxy groups -OCH3 is 2. The number of ether oxygens (including phenoxy) is 3. The maximum absolute atomic E-state index is 12.8. The van der Waals surface area contributed by atoms with Crippen molar-refractivity contribution in [2.75, 3.05) is 27.3 Å². The first-order chi connectivity index (χ1) is 14.0. The van der Waals surface area contributed by atoms with Gasteiger partial charge >= 0.3 is 0 Å². The molecule has 0 saturated carbocycles. The first-order valence-electron chi connectivity index (χ1n) is 9.95. The van der Waals surface area contributed by atoms with E-state index in [9.17, 15) is 4.79 Å². The number of carbonyl (C=O) groups excluding carboxylic acids is 1. The highest BCUT2D eigenvalue weighted by Gasteiger charge is 2.26. The zero-order valence-electron chi connectivity index (χ0n) is 17.6. The van der Waals surface area contributed by atoms with Crippen molar-refractivity contribution in [3.05, 3.63) is 59.2 Å². The number of hydrogen-bond donors (Lipinski definition) is 1. The lowest BCUT2D eigenvalue weighted by Gasteiger charge is -2.35. The van der Waals surface area contributed by atoms with Crippen LogP contribution in [-0.4, -0.2) is 50.3 Å². The van der Waals surface area contributed by atoms with E-state index in [2.05, 4.69) is 5.32 Å². The summed E-state index contributed by atoms with van der Waals surface area (Å²) in [5.41, 5.74) is 2.90. The number of carbonyl (C=O) groups is 1. The highest BCUT2D eigenvalue weighted by atomic mass is 16.5. The molecule has 0 radical (unpaired) electrons. The molecule has 3 rings (SSSR count). The number of nitrogens with zero attached hydrogens (tertiary/aromatic N) is 1. The highest BCUT2D eigenvalue weighted by molar-refractivity contribution is 5.94. The lowest BCUT2D eigenvalue weighted by Crippen LogP contribution is -2.48. The molecule has 0 aliphatic carbocycles. The van der Waals surface area contributed by atoms with Crippen LogP contribution in [0.4, 0.5) is 0 Å². The maximum Gasteiger partial charge on any atom is 0.254 e. The Morgan fingerprint density at radius 3 is 2.34 bits per heavy atom. The van der Waals surface area contributed by atoms with Crippen molar-refractivity contribution in [1.29, 1.82) is 0 Å². The summed E-state index contributed by atoms with van der Waals surface area (Å²) in [6.07, 6.45) is 0.141. The Bertz CT molecular complexity index is 812. The molecule has 1 amide bonds. The third kappa shape index (κ3) is 5.49. The predicted molar refractivity (Wildman–Crippen MR) is 112 cm³/mol. The Morgan fingerprint density at radius 1 is 1.03 bits per heavy atom. The molecule has 6 heteroatoms. The molecule has 1 heterocycles. The van der Waals surface area contributed by atoms with Gasteiger partial charge in [-0.3, -0.25) is 4.79 Å². The zero-order chi connectivity index (χ0) is 20.8. The van der Waals surface area contributed by atoms with Crippen LogP contribution in [0.2, 0.25) is 0 Å². The fourth-order valence-electron chi connectivity index (χ4n) is 3.63. The molecule has 0 aromatic heterocycles. The zero-order valence-corrected chi connectivity index (χ0v) is 17.6. The first-order valence-corrected chi connectivity index (χ1v) is 9.95. The molecular formula is C23H30N2O4. The first kappa shape index (κ1) is 21.1. The van der Waals surface area contributed by atoms with Gasteiger partial charge in [-0.05, 0) is 37.6 Å². The molecule has 2 atom stereocenters. The van der Waals surface area contributed by atoms with Crippen LogP contribution in [0, 0.1) is 0 Å².